The smallest absolute Gasteiger partial charge is 0.234 e. The Morgan fingerprint density at radius 2 is 1.53 bits per heavy atom. The van der Waals surface area contributed by atoms with Crippen LogP contribution in [0.25, 0.3) is 0 Å². The van der Waals surface area contributed by atoms with E-state index in [0.717, 1.165) is 24.1 Å². The van der Waals surface area contributed by atoms with Gasteiger partial charge in [0.05, 0.1) is 38.8 Å². The van der Waals surface area contributed by atoms with Crippen LogP contribution in [-0.2, 0) is 16.0 Å². The molecule has 2 aliphatic heterocycles. The average molecular weight is 433 g/mol. The van der Waals surface area contributed by atoms with Gasteiger partial charge in [0.1, 0.15) is 0 Å². The molecule has 0 N–H and O–H groups in total. The van der Waals surface area contributed by atoms with Gasteiger partial charge in [-0.15, -0.1) is 0 Å². The summed E-state index contributed by atoms with van der Waals surface area (Å²) in [6.07, 6.45) is 6.18. The zero-order valence-electron chi connectivity index (χ0n) is 18.5. The summed E-state index contributed by atoms with van der Waals surface area (Å²) in [5.74, 6) is 0.921. The number of amides is 2. The highest BCUT2D eigenvalue weighted by Crippen LogP contribution is 2.42. The molecule has 2 aromatic carbocycles. The molecule has 2 aromatic rings. The number of ether oxygens (including phenoxy) is 2. The summed E-state index contributed by atoms with van der Waals surface area (Å²) in [4.78, 5) is 29.9. The van der Waals surface area contributed by atoms with Crippen molar-refractivity contribution in [3.8, 4) is 11.5 Å². The summed E-state index contributed by atoms with van der Waals surface area (Å²) in [5.41, 5.74) is 3.45. The van der Waals surface area contributed by atoms with Crippen molar-refractivity contribution in [1.29, 1.82) is 0 Å². The normalized spacial score (nSPS) is 24.9. The molecule has 0 unspecified atom stereocenters. The van der Waals surface area contributed by atoms with Crippen molar-refractivity contribution in [2.45, 2.75) is 25.3 Å². The predicted molar refractivity (Wildman–Crippen MR) is 120 cm³/mol. The Bertz CT molecular complexity index is 1040. The van der Waals surface area contributed by atoms with Crippen LogP contribution in [0.2, 0.25) is 0 Å². The quantitative estimate of drug-likeness (QED) is 0.534. The van der Waals surface area contributed by atoms with Gasteiger partial charge < -0.3 is 9.47 Å². The maximum absolute atomic E-state index is 13.1. The number of likely N-dealkylation sites (tertiary alicyclic amines) is 1. The van der Waals surface area contributed by atoms with Crippen LogP contribution in [0.4, 0.5) is 0 Å². The van der Waals surface area contributed by atoms with Crippen LogP contribution in [-0.4, -0.2) is 49.0 Å². The SMILES string of the molecule is COc1cc2c(cc1OC)[C@H](c1ccccc1)N(CN1C(=O)[C@H]3CC=CC[C@@H]3C1=O)CC2. The van der Waals surface area contributed by atoms with Gasteiger partial charge in [-0.3, -0.25) is 19.4 Å². The van der Waals surface area contributed by atoms with Gasteiger partial charge in [-0.25, -0.2) is 0 Å². The van der Waals surface area contributed by atoms with E-state index in [1.165, 1.54) is 10.5 Å². The molecule has 0 radical (unpaired) electrons. The van der Waals surface area contributed by atoms with Crippen molar-refractivity contribution in [2.24, 2.45) is 11.8 Å². The Balaban J connectivity index is 1.52. The number of allylic oxidation sites excluding steroid dienone is 2. The lowest BCUT2D eigenvalue weighted by atomic mass is 9.85. The zero-order valence-corrected chi connectivity index (χ0v) is 18.5. The van der Waals surface area contributed by atoms with Gasteiger partial charge in [0.15, 0.2) is 11.5 Å². The molecule has 0 bridgehead atoms. The molecule has 1 aliphatic carbocycles. The minimum Gasteiger partial charge on any atom is -0.493 e. The molecule has 0 aromatic heterocycles. The van der Waals surface area contributed by atoms with Gasteiger partial charge >= 0.3 is 0 Å². The predicted octanol–water partition coefficient (Wildman–Crippen LogP) is 3.56. The fourth-order valence-electron chi connectivity index (χ4n) is 5.37. The third-order valence-corrected chi connectivity index (χ3v) is 7.01. The summed E-state index contributed by atoms with van der Waals surface area (Å²) in [6, 6.07) is 14.2. The van der Waals surface area contributed by atoms with Gasteiger partial charge in [-0.1, -0.05) is 42.5 Å². The van der Waals surface area contributed by atoms with Crippen LogP contribution < -0.4 is 9.47 Å². The molecule has 3 atom stereocenters. The van der Waals surface area contributed by atoms with E-state index >= 15 is 0 Å². The van der Waals surface area contributed by atoms with Crippen molar-refractivity contribution in [3.05, 3.63) is 71.3 Å². The fraction of sp³-hybridized carbons (Fsp3) is 0.385. The third kappa shape index (κ3) is 3.39. The monoisotopic (exact) mass is 432 g/mol. The van der Waals surface area contributed by atoms with E-state index in [2.05, 4.69) is 17.0 Å². The second kappa shape index (κ2) is 8.43. The molecule has 2 heterocycles. The maximum Gasteiger partial charge on any atom is 0.234 e. The molecule has 0 spiro atoms. The summed E-state index contributed by atoms with van der Waals surface area (Å²) in [6.45, 7) is 1.05. The largest absolute Gasteiger partial charge is 0.493 e. The lowest BCUT2D eigenvalue weighted by Gasteiger charge is -2.39. The van der Waals surface area contributed by atoms with E-state index in [-0.39, 0.29) is 29.7 Å². The third-order valence-electron chi connectivity index (χ3n) is 7.01. The maximum atomic E-state index is 13.1. The van der Waals surface area contributed by atoms with Gasteiger partial charge in [-0.05, 0) is 48.1 Å². The van der Waals surface area contributed by atoms with E-state index in [1.54, 1.807) is 14.2 Å². The summed E-state index contributed by atoms with van der Waals surface area (Å²) in [7, 11) is 3.28. The number of hydrogen-bond acceptors (Lipinski definition) is 5. The highest BCUT2D eigenvalue weighted by molar-refractivity contribution is 6.05. The summed E-state index contributed by atoms with van der Waals surface area (Å²) >= 11 is 0. The Hall–Kier alpha value is -3.12. The fourth-order valence-corrected chi connectivity index (χ4v) is 5.37. The van der Waals surface area contributed by atoms with E-state index in [9.17, 15) is 9.59 Å². The Morgan fingerprint density at radius 3 is 2.16 bits per heavy atom. The second-order valence-electron chi connectivity index (χ2n) is 8.68. The minimum atomic E-state index is -0.205. The first-order valence-corrected chi connectivity index (χ1v) is 11.2. The highest BCUT2D eigenvalue weighted by Gasteiger charge is 2.48. The lowest BCUT2D eigenvalue weighted by molar-refractivity contribution is -0.143. The number of fused-ring (bicyclic) bond motifs is 2. The summed E-state index contributed by atoms with van der Waals surface area (Å²) < 4.78 is 11.1. The van der Waals surface area contributed by atoms with Crippen LogP contribution >= 0.6 is 0 Å². The molecule has 2 amide bonds. The van der Waals surface area contributed by atoms with Crippen molar-refractivity contribution in [2.75, 3.05) is 27.4 Å². The van der Waals surface area contributed by atoms with Crippen molar-refractivity contribution < 1.29 is 19.1 Å². The van der Waals surface area contributed by atoms with Crippen molar-refractivity contribution in [3.63, 3.8) is 0 Å². The first-order chi connectivity index (χ1) is 15.6. The minimum absolute atomic E-state index is 0.0331. The molecule has 6 nitrogen and oxygen atoms in total. The Labute approximate surface area is 188 Å². The van der Waals surface area contributed by atoms with Gasteiger partial charge in [0.2, 0.25) is 11.8 Å². The second-order valence-corrected chi connectivity index (χ2v) is 8.68. The van der Waals surface area contributed by atoms with Crippen LogP contribution in [0.3, 0.4) is 0 Å². The van der Waals surface area contributed by atoms with Crippen molar-refractivity contribution >= 4 is 11.8 Å². The van der Waals surface area contributed by atoms with E-state index in [1.807, 2.05) is 42.5 Å². The Kier molecular flexibility index (Phi) is 5.47. The molecular weight excluding hydrogens is 404 g/mol. The number of carbonyl (C=O) groups excluding carboxylic acids is 2. The summed E-state index contributed by atoms with van der Waals surface area (Å²) in [5, 5.41) is 0. The molecule has 166 valence electrons. The molecule has 5 rings (SSSR count). The molecule has 6 heteroatoms. The first-order valence-electron chi connectivity index (χ1n) is 11.2. The highest BCUT2D eigenvalue weighted by atomic mass is 16.5. The number of imide groups is 1. The number of methoxy groups -OCH3 is 2. The van der Waals surface area contributed by atoms with Crippen LogP contribution in [0.5, 0.6) is 11.5 Å². The van der Waals surface area contributed by atoms with Crippen LogP contribution in [0.1, 0.15) is 35.6 Å². The standard InChI is InChI=1S/C26H28N2O4/c1-31-22-14-18-12-13-27(16-28-25(29)19-10-6-7-11-20(19)26(28)30)24(17-8-4-3-5-9-17)21(18)15-23(22)32-2/h3-9,14-15,19-20,24H,10-13,16H2,1-2H3/t19-,20-,24-/m0/s1. The van der Waals surface area contributed by atoms with E-state index in [0.29, 0.717) is 31.0 Å². The topological polar surface area (TPSA) is 59.1 Å². The molecule has 1 fully saturated rings. The van der Waals surface area contributed by atoms with Crippen LogP contribution in [0.15, 0.2) is 54.6 Å². The van der Waals surface area contributed by atoms with Gasteiger partial charge in [0.25, 0.3) is 0 Å². The van der Waals surface area contributed by atoms with Gasteiger partial charge in [0, 0.05) is 6.54 Å². The number of hydrogen-bond donors (Lipinski definition) is 0. The van der Waals surface area contributed by atoms with E-state index in [4.69, 9.17) is 9.47 Å². The number of rotatable bonds is 5. The van der Waals surface area contributed by atoms with E-state index < -0.39 is 0 Å². The van der Waals surface area contributed by atoms with Gasteiger partial charge in [-0.2, -0.15) is 0 Å². The van der Waals surface area contributed by atoms with Crippen LogP contribution in [0, 0.1) is 11.8 Å². The average Bonchev–Trinajstić information content (AvgIpc) is 3.08. The molecule has 1 saturated heterocycles. The molecule has 32 heavy (non-hydrogen) atoms. The molecular formula is C26H28N2O4. The zero-order chi connectivity index (χ0) is 22.2. The Morgan fingerprint density at radius 1 is 0.906 bits per heavy atom. The number of nitrogens with zero attached hydrogens (tertiary/aromatic N) is 2. The first kappa shape index (κ1) is 20.8. The number of benzene rings is 2. The molecule has 3 aliphatic rings. The molecule has 0 saturated carbocycles. The lowest BCUT2D eigenvalue weighted by Crippen LogP contribution is -2.46. The van der Waals surface area contributed by atoms with Crippen molar-refractivity contribution in [1.82, 2.24) is 9.80 Å². The number of carbonyl (C=O) groups is 2.